The molecule has 1 fully saturated rings. The molecule has 4 rings (SSSR count). The summed E-state index contributed by atoms with van der Waals surface area (Å²) in [6.45, 7) is 1.74. The first-order valence-corrected chi connectivity index (χ1v) is 12.6. The lowest BCUT2D eigenvalue weighted by atomic mass is 10.2. The Morgan fingerprint density at radius 2 is 1.89 bits per heavy atom. The van der Waals surface area contributed by atoms with Gasteiger partial charge in [0.25, 0.3) is 11.8 Å². The van der Waals surface area contributed by atoms with Crippen LogP contribution in [0, 0.1) is 16.3 Å². The van der Waals surface area contributed by atoms with Gasteiger partial charge in [-0.05, 0) is 101 Å². The number of rotatable bonds is 7. The molecule has 0 saturated carbocycles. The summed E-state index contributed by atoms with van der Waals surface area (Å²) in [5.74, 6) is -0.204. The molecule has 184 valence electrons. The standard InChI is InChI=1S/C26H21FIN3O4S/c1-15-3-7-19(8-4-15)30-26-31-25(33)22(36-26)13-16-11-20(28)24(21(12-16)34-2)35-14-23(32)29-18-9-5-17(27)6-10-18/h3-13H,14H2,1-2H3,(H,29,32)(H,30,31,33)/b22-13+. The highest BCUT2D eigenvalue weighted by molar-refractivity contribution is 14.1. The second-order valence-electron chi connectivity index (χ2n) is 7.70. The summed E-state index contributed by atoms with van der Waals surface area (Å²) in [7, 11) is 1.50. The number of methoxy groups -OCH3 is 1. The summed E-state index contributed by atoms with van der Waals surface area (Å²) >= 11 is 3.34. The van der Waals surface area contributed by atoms with Crippen molar-refractivity contribution in [3.05, 3.63) is 86.1 Å². The van der Waals surface area contributed by atoms with Gasteiger partial charge in [-0.3, -0.25) is 9.59 Å². The predicted octanol–water partition coefficient (Wildman–Crippen LogP) is 5.66. The maximum Gasteiger partial charge on any atom is 0.264 e. The minimum atomic E-state index is -0.398. The fourth-order valence-corrected chi connectivity index (χ4v) is 4.82. The van der Waals surface area contributed by atoms with E-state index in [0.717, 1.165) is 16.8 Å². The van der Waals surface area contributed by atoms with Crippen LogP contribution in [0.25, 0.3) is 6.08 Å². The molecular formula is C26H21FIN3O4S. The van der Waals surface area contributed by atoms with Gasteiger partial charge < -0.3 is 20.1 Å². The topological polar surface area (TPSA) is 89.0 Å². The van der Waals surface area contributed by atoms with Crippen LogP contribution in [-0.4, -0.2) is 30.7 Å². The molecule has 2 N–H and O–H groups in total. The minimum Gasteiger partial charge on any atom is -0.493 e. The number of halogens is 2. The summed E-state index contributed by atoms with van der Waals surface area (Å²) in [6.07, 6.45) is 1.74. The first kappa shape index (κ1) is 25.7. The van der Waals surface area contributed by atoms with E-state index < -0.39 is 5.91 Å². The number of amides is 2. The Bertz CT molecular complexity index is 1360. The Kier molecular flexibility index (Phi) is 8.26. The normalized spacial score (nSPS) is 15.2. The van der Waals surface area contributed by atoms with E-state index in [0.29, 0.717) is 30.8 Å². The Morgan fingerprint density at radius 1 is 1.17 bits per heavy atom. The number of hydrogen-bond acceptors (Lipinski definition) is 6. The highest BCUT2D eigenvalue weighted by atomic mass is 127. The number of amidine groups is 1. The molecule has 1 aliphatic heterocycles. The molecular weight excluding hydrogens is 596 g/mol. The number of ether oxygens (including phenoxy) is 2. The summed E-state index contributed by atoms with van der Waals surface area (Å²) in [4.78, 5) is 29.7. The number of aryl methyl sites for hydroxylation is 1. The first-order chi connectivity index (χ1) is 17.3. The second kappa shape index (κ2) is 11.6. The SMILES string of the molecule is COc1cc(/C=C2/SC(=Nc3ccc(C)cc3)NC2=O)cc(I)c1OCC(=O)Nc1ccc(F)cc1. The van der Waals surface area contributed by atoms with Gasteiger partial charge in [-0.2, -0.15) is 0 Å². The maximum absolute atomic E-state index is 13.0. The second-order valence-corrected chi connectivity index (χ2v) is 9.89. The Labute approximate surface area is 225 Å². The maximum atomic E-state index is 13.0. The minimum absolute atomic E-state index is 0.238. The van der Waals surface area contributed by atoms with Gasteiger partial charge in [-0.15, -0.1) is 0 Å². The number of nitrogens with one attached hydrogen (secondary N) is 2. The number of carbonyl (C=O) groups excluding carboxylic acids is 2. The Balaban J connectivity index is 1.45. The molecule has 0 spiro atoms. The number of thioether (sulfide) groups is 1. The van der Waals surface area contributed by atoms with E-state index in [-0.39, 0.29) is 18.3 Å². The smallest absolute Gasteiger partial charge is 0.264 e. The van der Waals surface area contributed by atoms with E-state index in [2.05, 4.69) is 38.2 Å². The van der Waals surface area contributed by atoms with Crippen LogP contribution in [0.2, 0.25) is 0 Å². The van der Waals surface area contributed by atoms with Gasteiger partial charge in [0, 0.05) is 5.69 Å². The molecule has 0 aromatic heterocycles. The third kappa shape index (κ3) is 6.64. The molecule has 3 aromatic rings. The zero-order chi connectivity index (χ0) is 25.7. The number of aliphatic imine (C=N–C) groups is 1. The van der Waals surface area contributed by atoms with Crippen LogP contribution in [-0.2, 0) is 9.59 Å². The van der Waals surface area contributed by atoms with Gasteiger partial charge in [0.05, 0.1) is 21.3 Å². The van der Waals surface area contributed by atoms with Gasteiger partial charge in [-0.25, -0.2) is 9.38 Å². The van der Waals surface area contributed by atoms with Crippen molar-refractivity contribution in [3.63, 3.8) is 0 Å². The molecule has 3 aromatic carbocycles. The summed E-state index contributed by atoms with van der Waals surface area (Å²) in [5.41, 5.74) is 3.08. The molecule has 0 unspecified atom stereocenters. The molecule has 36 heavy (non-hydrogen) atoms. The molecule has 1 aliphatic rings. The fraction of sp³-hybridized carbons (Fsp3) is 0.115. The highest BCUT2D eigenvalue weighted by Gasteiger charge is 2.24. The first-order valence-electron chi connectivity index (χ1n) is 10.7. The largest absolute Gasteiger partial charge is 0.493 e. The number of anilines is 1. The lowest BCUT2D eigenvalue weighted by molar-refractivity contribution is -0.118. The molecule has 0 aliphatic carbocycles. The molecule has 0 atom stereocenters. The van der Waals surface area contributed by atoms with E-state index in [1.165, 1.54) is 43.1 Å². The van der Waals surface area contributed by atoms with Crippen molar-refractivity contribution in [2.75, 3.05) is 19.0 Å². The lowest BCUT2D eigenvalue weighted by Gasteiger charge is -2.14. The molecule has 0 radical (unpaired) electrons. The van der Waals surface area contributed by atoms with Gasteiger partial charge in [-0.1, -0.05) is 17.7 Å². The summed E-state index contributed by atoms with van der Waals surface area (Å²) in [6, 6.07) is 16.7. The highest BCUT2D eigenvalue weighted by Crippen LogP contribution is 2.36. The number of nitrogens with zero attached hydrogens (tertiary/aromatic N) is 1. The Morgan fingerprint density at radius 3 is 2.58 bits per heavy atom. The van der Waals surface area contributed by atoms with Crippen molar-refractivity contribution in [2.24, 2.45) is 4.99 Å². The average Bonchev–Trinajstić information content (AvgIpc) is 3.19. The van der Waals surface area contributed by atoms with Crippen LogP contribution in [0.4, 0.5) is 15.8 Å². The number of benzene rings is 3. The summed E-state index contributed by atoms with van der Waals surface area (Å²) in [5, 5.41) is 5.93. The third-order valence-electron chi connectivity index (χ3n) is 4.94. The summed E-state index contributed by atoms with van der Waals surface area (Å²) < 4.78 is 24.9. The molecule has 1 saturated heterocycles. The monoisotopic (exact) mass is 617 g/mol. The van der Waals surface area contributed by atoms with Crippen molar-refractivity contribution in [1.29, 1.82) is 0 Å². The fourth-order valence-electron chi connectivity index (χ4n) is 3.20. The quantitative estimate of drug-likeness (QED) is 0.264. The molecule has 0 bridgehead atoms. The van der Waals surface area contributed by atoms with Crippen molar-refractivity contribution in [2.45, 2.75) is 6.92 Å². The van der Waals surface area contributed by atoms with E-state index in [1.807, 2.05) is 37.3 Å². The molecule has 10 heteroatoms. The van der Waals surface area contributed by atoms with Crippen LogP contribution in [0.15, 0.2) is 70.6 Å². The van der Waals surface area contributed by atoms with Crippen LogP contribution in [0.1, 0.15) is 11.1 Å². The van der Waals surface area contributed by atoms with E-state index in [9.17, 15) is 14.0 Å². The van der Waals surface area contributed by atoms with Gasteiger partial charge in [0.2, 0.25) is 0 Å². The number of carbonyl (C=O) groups is 2. The van der Waals surface area contributed by atoms with E-state index >= 15 is 0 Å². The average molecular weight is 617 g/mol. The molecule has 1 heterocycles. The zero-order valence-electron chi connectivity index (χ0n) is 19.3. The van der Waals surface area contributed by atoms with Gasteiger partial charge in [0.15, 0.2) is 23.3 Å². The van der Waals surface area contributed by atoms with Crippen LogP contribution in [0.5, 0.6) is 11.5 Å². The Hall–Kier alpha value is -3.38. The van der Waals surface area contributed by atoms with Crippen LogP contribution in [0.3, 0.4) is 0 Å². The van der Waals surface area contributed by atoms with E-state index in [1.54, 1.807) is 12.1 Å². The van der Waals surface area contributed by atoms with Crippen molar-refractivity contribution >= 4 is 68.8 Å². The zero-order valence-corrected chi connectivity index (χ0v) is 22.3. The lowest BCUT2D eigenvalue weighted by Crippen LogP contribution is -2.20. The number of hydrogen-bond donors (Lipinski definition) is 2. The van der Waals surface area contributed by atoms with Crippen LogP contribution >= 0.6 is 34.4 Å². The van der Waals surface area contributed by atoms with Gasteiger partial charge in [0.1, 0.15) is 5.82 Å². The van der Waals surface area contributed by atoms with Crippen LogP contribution < -0.4 is 20.1 Å². The van der Waals surface area contributed by atoms with Crippen molar-refractivity contribution in [1.82, 2.24) is 5.32 Å². The third-order valence-corrected chi connectivity index (χ3v) is 6.65. The van der Waals surface area contributed by atoms with Crippen molar-refractivity contribution in [3.8, 4) is 11.5 Å². The van der Waals surface area contributed by atoms with Crippen molar-refractivity contribution < 1.29 is 23.5 Å². The predicted molar refractivity (Wildman–Crippen MR) is 148 cm³/mol. The van der Waals surface area contributed by atoms with E-state index in [4.69, 9.17) is 9.47 Å². The van der Waals surface area contributed by atoms with Gasteiger partial charge >= 0.3 is 0 Å². The molecule has 7 nitrogen and oxygen atoms in total. The molecule has 2 amide bonds.